The van der Waals surface area contributed by atoms with Crippen LogP contribution in [0.2, 0.25) is 0 Å². The summed E-state index contributed by atoms with van der Waals surface area (Å²) in [5.41, 5.74) is 2.32. The van der Waals surface area contributed by atoms with Crippen molar-refractivity contribution in [1.82, 2.24) is 0 Å². The van der Waals surface area contributed by atoms with Gasteiger partial charge in [-0.2, -0.15) is 0 Å². The number of aliphatic hydroxyl groups excluding tert-OH is 1. The van der Waals surface area contributed by atoms with Crippen LogP contribution in [0.25, 0.3) is 5.76 Å². The van der Waals surface area contributed by atoms with Crippen molar-refractivity contribution < 1.29 is 9.84 Å². The van der Waals surface area contributed by atoms with E-state index in [2.05, 4.69) is 25.6 Å². The molecule has 0 amide bonds. The van der Waals surface area contributed by atoms with Crippen LogP contribution in [0.3, 0.4) is 0 Å². The normalized spacial score (nSPS) is 12.2. The highest BCUT2D eigenvalue weighted by Gasteiger charge is 2.04. The van der Waals surface area contributed by atoms with E-state index in [0.717, 1.165) is 24.2 Å². The van der Waals surface area contributed by atoms with Gasteiger partial charge in [-0.1, -0.05) is 37.8 Å². The largest absolute Gasteiger partial charge is 0.494 e. The maximum absolute atomic E-state index is 8.86. The first-order valence-electron chi connectivity index (χ1n) is 6.19. The van der Waals surface area contributed by atoms with Crippen molar-refractivity contribution >= 4 is 5.76 Å². The molecule has 1 rings (SSSR count). The Morgan fingerprint density at radius 2 is 2.00 bits per heavy atom. The zero-order valence-corrected chi connectivity index (χ0v) is 10.8. The van der Waals surface area contributed by atoms with Gasteiger partial charge < -0.3 is 9.84 Å². The molecule has 2 heteroatoms. The van der Waals surface area contributed by atoms with Crippen molar-refractivity contribution in [3.63, 3.8) is 0 Å². The minimum absolute atomic E-state index is 0.264. The standard InChI is InChI=1S/C15H22O2/c1-4-17-13(3)15-7-5-14(6-8-15)11-12(2)9-10-16/h5-8,12,16H,3-4,9-11H2,1-2H3. The minimum Gasteiger partial charge on any atom is -0.494 e. The molecule has 0 saturated heterocycles. The van der Waals surface area contributed by atoms with E-state index in [-0.39, 0.29) is 6.61 Å². The molecule has 0 aliphatic rings. The fourth-order valence-corrected chi connectivity index (χ4v) is 1.81. The molecule has 0 fully saturated rings. The predicted octanol–water partition coefficient (Wildman–Crippen LogP) is 3.25. The lowest BCUT2D eigenvalue weighted by Crippen LogP contribution is -2.02. The molecule has 17 heavy (non-hydrogen) atoms. The van der Waals surface area contributed by atoms with Crippen LogP contribution in [0.15, 0.2) is 30.8 Å². The average molecular weight is 234 g/mol. The monoisotopic (exact) mass is 234 g/mol. The summed E-state index contributed by atoms with van der Waals surface area (Å²) < 4.78 is 5.36. The Bertz CT molecular complexity index is 340. The van der Waals surface area contributed by atoms with E-state index in [1.807, 2.05) is 19.1 Å². The average Bonchev–Trinajstić information content (AvgIpc) is 2.30. The van der Waals surface area contributed by atoms with Crippen LogP contribution >= 0.6 is 0 Å². The van der Waals surface area contributed by atoms with Crippen molar-refractivity contribution in [2.45, 2.75) is 26.7 Å². The molecule has 2 nitrogen and oxygen atoms in total. The summed E-state index contributed by atoms with van der Waals surface area (Å²) >= 11 is 0. The second kappa shape index (κ2) is 7.13. The first kappa shape index (κ1) is 13.8. The van der Waals surface area contributed by atoms with E-state index in [1.54, 1.807) is 0 Å². The summed E-state index contributed by atoms with van der Waals surface area (Å²) in [4.78, 5) is 0. The number of benzene rings is 1. The Morgan fingerprint density at radius 3 is 2.53 bits per heavy atom. The van der Waals surface area contributed by atoms with Crippen molar-refractivity contribution in [2.24, 2.45) is 5.92 Å². The van der Waals surface area contributed by atoms with Crippen LogP contribution in [-0.2, 0) is 11.2 Å². The molecule has 0 radical (unpaired) electrons. The minimum atomic E-state index is 0.264. The van der Waals surface area contributed by atoms with Gasteiger partial charge in [0.05, 0.1) is 6.61 Å². The van der Waals surface area contributed by atoms with Gasteiger partial charge in [0.25, 0.3) is 0 Å². The summed E-state index contributed by atoms with van der Waals surface area (Å²) in [7, 11) is 0. The van der Waals surface area contributed by atoms with Gasteiger partial charge in [0.1, 0.15) is 5.76 Å². The van der Waals surface area contributed by atoms with Crippen LogP contribution in [0.1, 0.15) is 31.4 Å². The third kappa shape index (κ3) is 4.61. The zero-order chi connectivity index (χ0) is 12.7. The molecule has 1 N–H and O–H groups in total. The Kier molecular flexibility index (Phi) is 5.78. The lowest BCUT2D eigenvalue weighted by atomic mass is 9.97. The highest BCUT2D eigenvalue weighted by molar-refractivity contribution is 5.57. The van der Waals surface area contributed by atoms with Crippen LogP contribution in [0, 0.1) is 5.92 Å². The summed E-state index contributed by atoms with van der Waals surface area (Å²) in [5.74, 6) is 1.24. The smallest absolute Gasteiger partial charge is 0.119 e. The van der Waals surface area contributed by atoms with Crippen molar-refractivity contribution in [2.75, 3.05) is 13.2 Å². The molecule has 94 valence electrons. The summed E-state index contributed by atoms with van der Waals surface area (Å²) in [6.45, 7) is 8.90. The maximum atomic E-state index is 8.86. The Hall–Kier alpha value is -1.28. The van der Waals surface area contributed by atoms with Gasteiger partial charge in [0, 0.05) is 12.2 Å². The van der Waals surface area contributed by atoms with Crippen LogP contribution < -0.4 is 0 Å². The molecule has 1 unspecified atom stereocenters. The van der Waals surface area contributed by atoms with Crippen molar-refractivity contribution in [1.29, 1.82) is 0 Å². The molecule has 1 aromatic rings. The fourth-order valence-electron chi connectivity index (χ4n) is 1.81. The summed E-state index contributed by atoms with van der Waals surface area (Å²) in [6.07, 6.45) is 1.86. The Morgan fingerprint density at radius 1 is 1.35 bits per heavy atom. The summed E-state index contributed by atoms with van der Waals surface area (Å²) in [6, 6.07) is 8.29. The molecule has 0 aliphatic carbocycles. The maximum Gasteiger partial charge on any atom is 0.119 e. The van der Waals surface area contributed by atoms with Gasteiger partial charge in [-0.15, -0.1) is 0 Å². The second-order valence-electron chi connectivity index (χ2n) is 4.37. The van der Waals surface area contributed by atoms with Gasteiger partial charge in [0.15, 0.2) is 0 Å². The lowest BCUT2D eigenvalue weighted by molar-refractivity contribution is 0.262. The SMILES string of the molecule is C=C(OCC)c1ccc(CC(C)CCO)cc1. The van der Waals surface area contributed by atoms with Gasteiger partial charge >= 0.3 is 0 Å². The molecular formula is C15H22O2. The first-order valence-corrected chi connectivity index (χ1v) is 6.19. The van der Waals surface area contributed by atoms with Crippen molar-refractivity contribution in [3.8, 4) is 0 Å². The predicted molar refractivity (Wildman–Crippen MR) is 71.7 cm³/mol. The van der Waals surface area contributed by atoms with Gasteiger partial charge in [-0.05, 0) is 31.2 Å². The van der Waals surface area contributed by atoms with E-state index in [1.165, 1.54) is 5.56 Å². The van der Waals surface area contributed by atoms with Crippen LogP contribution in [0.5, 0.6) is 0 Å². The zero-order valence-electron chi connectivity index (χ0n) is 10.8. The molecule has 0 heterocycles. The lowest BCUT2D eigenvalue weighted by Gasteiger charge is -2.11. The van der Waals surface area contributed by atoms with E-state index in [0.29, 0.717) is 12.5 Å². The van der Waals surface area contributed by atoms with Gasteiger partial charge in [-0.25, -0.2) is 0 Å². The summed E-state index contributed by atoms with van der Waals surface area (Å²) in [5, 5.41) is 8.86. The highest BCUT2D eigenvalue weighted by Crippen LogP contribution is 2.17. The van der Waals surface area contributed by atoms with Crippen molar-refractivity contribution in [3.05, 3.63) is 42.0 Å². The molecule has 0 aromatic heterocycles. The Labute approximate surface area is 104 Å². The number of hydrogen-bond donors (Lipinski definition) is 1. The second-order valence-corrected chi connectivity index (χ2v) is 4.37. The molecule has 0 bridgehead atoms. The van der Waals surface area contributed by atoms with E-state index in [9.17, 15) is 0 Å². The molecule has 0 spiro atoms. The third-order valence-corrected chi connectivity index (χ3v) is 2.80. The number of hydrogen-bond acceptors (Lipinski definition) is 2. The van der Waals surface area contributed by atoms with Gasteiger partial charge in [-0.3, -0.25) is 0 Å². The van der Waals surface area contributed by atoms with Gasteiger partial charge in [0.2, 0.25) is 0 Å². The van der Waals surface area contributed by atoms with E-state index < -0.39 is 0 Å². The van der Waals surface area contributed by atoms with E-state index in [4.69, 9.17) is 9.84 Å². The van der Waals surface area contributed by atoms with E-state index >= 15 is 0 Å². The highest BCUT2D eigenvalue weighted by atomic mass is 16.5. The quantitative estimate of drug-likeness (QED) is 0.734. The number of rotatable bonds is 7. The number of ether oxygens (including phenoxy) is 1. The Balaban J connectivity index is 2.58. The molecule has 0 saturated carbocycles. The molecule has 1 atom stereocenters. The van der Waals surface area contributed by atoms with Crippen LogP contribution in [-0.4, -0.2) is 18.3 Å². The molecular weight excluding hydrogens is 212 g/mol. The fraction of sp³-hybridized carbons (Fsp3) is 0.467. The van der Waals surface area contributed by atoms with Crippen LogP contribution in [0.4, 0.5) is 0 Å². The topological polar surface area (TPSA) is 29.5 Å². The molecule has 1 aromatic carbocycles. The molecule has 0 aliphatic heterocycles. The third-order valence-electron chi connectivity index (χ3n) is 2.80. The first-order chi connectivity index (χ1) is 8.17. The number of aliphatic hydroxyl groups is 1.